The van der Waals surface area contributed by atoms with Gasteiger partial charge in [0.1, 0.15) is 5.75 Å². The van der Waals surface area contributed by atoms with Crippen LogP contribution >= 0.6 is 34.5 Å². The number of benzene rings is 1. The van der Waals surface area contributed by atoms with E-state index in [0.717, 1.165) is 27.5 Å². The van der Waals surface area contributed by atoms with Gasteiger partial charge in [-0.05, 0) is 24.6 Å². The number of hydrogen-bond acceptors (Lipinski definition) is 4. The molecule has 2 rings (SSSR count). The number of halogens is 2. The highest BCUT2D eigenvalue weighted by Crippen LogP contribution is 2.41. The summed E-state index contributed by atoms with van der Waals surface area (Å²) in [5.74, 6) is 0.796. The highest BCUT2D eigenvalue weighted by Gasteiger charge is 2.16. The lowest BCUT2D eigenvalue weighted by molar-refractivity contribution is 0.417. The molecular weight excluding hydrogens is 315 g/mol. The molecule has 1 heterocycles. The third-order valence-electron chi connectivity index (χ3n) is 2.80. The van der Waals surface area contributed by atoms with Crippen LogP contribution in [-0.4, -0.2) is 19.9 Å². The van der Waals surface area contributed by atoms with Crippen molar-refractivity contribution in [1.82, 2.24) is 5.43 Å². The summed E-state index contributed by atoms with van der Waals surface area (Å²) < 4.78 is 5.53. The molecule has 0 spiro atoms. The van der Waals surface area contributed by atoms with Crippen molar-refractivity contribution >= 4 is 40.3 Å². The van der Waals surface area contributed by atoms with Crippen molar-refractivity contribution in [2.24, 2.45) is 5.10 Å². The number of methoxy groups -OCH3 is 1. The Balaban J connectivity index is 2.52. The molecular formula is C14H14Cl2N2OS. The van der Waals surface area contributed by atoms with E-state index in [4.69, 9.17) is 27.9 Å². The summed E-state index contributed by atoms with van der Waals surface area (Å²) >= 11 is 13.6. The van der Waals surface area contributed by atoms with Gasteiger partial charge in [0.15, 0.2) is 0 Å². The van der Waals surface area contributed by atoms with Crippen molar-refractivity contribution < 1.29 is 4.74 Å². The molecule has 0 atom stereocenters. The van der Waals surface area contributed by atoms with E-state index in [0.29, 0.717) is 10.0 Å². The Morgan fingerprint density at radius 1 is 1.30 bits per heavy atom. The molecule has 0 aliphatic rings. The first-order valence-corrected chi connectivity index (χ1v) is 7.54. The Morgan fingerprint density at radius 3 is 2.65 bits per heavy atom. The molecule has 20 heavy (non-hydrogen) atoms. The molecule has 1 aromatic carbocycles. The number of nitrogens with one attached hydrogen (secondary N) is 1. The maximum Gasteiger partial charge on any atom is 0.146 e. The normalized spacial score (nSPS) is 11.6. The van der Waals surface area contributed by atoms with E-state index < -0.39 is 0 Å². The van der Waals surface area contributed by atoms with Gasteiger partial charge in [-0.25, -0.2) is 0 Å². The lowest BCUT2D eigenvalue weighted by Crippen LogP contribution is -2.03. The highest BCUT2D eigenvalue weighted by molar-refractivity contribution is 7.14. The summed E-state index contributed by atoms with van der Waals surface area (Å²) in [5.41, 5.74) is 5.59. The van der Waals surface area contributed by atoms with Gasteiger partial charge in [-0.2, -0.15) is 5.10 Å². The number of thiophene rings is 1. The van der Waals surface area contributed by atoms with Gasteiger partial charge in [0.2, 0.25) is 0 Å². The van der Waals surface area contributed by atoms with Crippen molar-refractivity contribution in [3.05, 3.63) is 39.2 Å². The smallest absolute Gasteiger partial charge is 0.146 e. The summed E-state index contributed by atoms with van der Waals surface area (Å²) in [6, 6.07) is 5.55. The summed E-state index contributed by atoms with van der Waals surface area (Å²) in [6.07, 6.45) is 0. The largest absolute Gasteiger partial charge is 0.495 e. The van der Waals surface area contributed by atoms with Crippen LogP contribution in [0.3, 0.4) is 0 Å². The monoisotopic (exact) mass is 328 g/mol. The lowest BCUT2D eigenvalue weighted by Gasteiger charge is -2.07. The van der Waals surface area contributed by atoms with Gasteiger partial charge < -0.3 is 10.2 Å². The summed E-state index contributed by atoms with van der Waals surface area (Å²) in [4.78, 5) is 1.01. The van der Waals surface area contributed by atoms with Crippen LogP contribution < -0.4 is 10.2 Å². The fourth-order valence-electron chi connectivity index (χ4n) is 1.86. The van der Waals surface area contributed by atoms with Crippen molar-refractivity contribution in [2.45, 2.75) is 6.92 Å². The fourth-order valence-corrected chi connectivity index (χ4v) is 3.24. The van der Waals surface area contributed by atoms with Crippen LogP contribution in [0.1, 0.15) is 12.5 Å². The standard InChI is InChI=1S/C14H14Cl2N2OS/c1-8(18-17-2)10-7-20-14(13(10)19-3)9-4-5-11(15)12(16)6-9/h4-7,17H,1-3H3/b18-8+. The average molecular weight is 329 g/mol. The summed E-state index contributed by atoms with van der Waals surface area (Å²) in [5, 5.41) is 7.28. The van der Waals surface area contributed by atoms with Crippen LogP contribution in [0.4, 0.5) is 0 Å². The highest BCUT2D eigenvalue weighted by atomic mass is 35.5. The SMILES string of the molecule is CN/N=C(\C)c1csc(-c2ccc(Cl)c(Cl)c2)c1OC. The van der Waals surface area contributed by atoms with Crippen molar-refractivity contribution in [1.29, 1.82) is 0 Å². The van der Waals surface area contributed by atoms with Crippen LogP contribution in [0.25, 0.3) is 10.4 Å². The van der Waals surface area contributed by atoms with E-state index >= 15 is 0 Å². The molecule has 1 N–H and O–H groups in total. The molecule has 0 fully saturated rings. The second kappa shape index (κ2) is 6.48. The molecule has 0 amide bonds. The van der Waals surface area contributed by atoms with Crippen LogP contribution in [-0.2, 0) is 0 Å². The maximum absolute atomic E-state index is 6.08. The molecule has 3 nitrogen and oxygen atoms in total. The van der Waals surface area contributed by atoms with Crippen LogP contribution in [0.2, 0.25) is 10.0 Å². The topological polar surface area (TPSA) is 33.6 Å². The predicted octanol–water partition coefficient (Wildman–Crippen LogP) is 4.67. The van der Waals surface area contributed by atoms with Crippen molar-refractivity contribution in [2.75, 3.05) is 14.2 Å². The molecule has 0 saturated heterocycles. The molecule has 106 valence electrons. The van der Waals surface area contributed by atoms with E-state index in [-0.39, 0.29) is 0 Å². The zero-order valence-corrected chi connectivity index (χ0v) is 13.7. The van der Waals surface area contributed by atoms with Gasteiger partial charge >= 0.3 is 0 Å². The van der Waals surface area contributed by atoms with E-state index in [1.807, 2.05) is 24.4 Å². The Bertz CT molecular complexity index is 653. The molecule has 0 unspecified atom stereocenters. The average Bonchev–Trinajstić information content (AvgIpc) is 2.86. The molecule has 6 heteroatoms. The third-order valence-corrected chi connectivity index (χ3v) is 4.55. The summed E-state index contributed by atoms with van der Waals surface area (Å²) in [6.45, 7) is 1.93. The Labute approximate surface area is 132 Å². The van der Waals surface area contributed by atoms with Gasteiger partial charge in [-0.1, -0.05) is 29.3 Å². The zero-order chi connectivity index (χ0) is 14.7. The molecule has 1 aromatic heterocycles. The summed E-state index contributed by atoms with van der Waals surface area (Å²) in [7, 11) is 3.42. The number of hydrazone groups is 1. The van der Waals surface area contributed by atoms with E-state index in [9.17, 15) is 0 Å². The minimum atomic E-state index is 0.529. The van der Waals surface area contributed by atoms with E-state index in [1.54, 1.807) is 31.6 Å². The Hall–Kier alpha value is -1.23. The molecule has 0 aliphatic carbocycles. The first-order chi connectivity index (χ1) is 9.58. The lowest BCUT2D eigenvalue weighted by atomic mass is 10.1. The number of nitrogens with zero attached hydrogens (tertiary/aromatic N) is 1. The second-order valence-electron chi connectivity index (χ2n) is 4.06. The Kier molecular flexibility index (Phi) is 4.91. The van der Waals surface area contributed by atoms with Gasteiger partial charge in [-0.15, -0.1) is 11.3 Å². The minimum absolute atomic E-state index is 0.529. The van der Waals surface area contributed by atoms with E-state index in [2.05, 4.69) is 10.5 Å². The van der Waals surface area contributed by atoms with Gasteiger partial charge in [0, 0.05) is 12.4 Å². The molecule has 0 bridgehead atoms. The molecule has 0 radical (unpaired) electrons. The molecule has 0 saturated carbocycles. The molecule has 2 aromatic rings. The number of hydrogen-bond donors (Lipinski definition) is 1. The van der Waals surface area contributed by atoms with Crippen LogP contribution in [0.15, 0.2) is 28.7 Å². The quantitative estimate of drug-likeness (QED) is 0.653. The minimum Gasteiger partial charge on any atom is -0.495 e. The molecule has 0 aliphatic heterocycles. The first-order valence-electron chi connectivity index (χ1n) is 5.90. The Morgan fingerprint density at radius 2 is 2.05 bits per heavy atom. The van der Waals surface area contributed by atoms with Gasteiger partial charge in [0.25, 0.3) is 0 Å². The van der Waals surface area contributed by atoms with E-state index in [1.165, 1.54) is 0 Å². The third kappa shape index (κ3) is 2.92. The van der Waals surface area contributed by atoms with Crippen molar-refractivity contribution in [3.63, 3.8) is 0 Å². The number of ether oxygens (including phenoxy) is 1. The van der Waals surface area contributed by atoms with Crippen LogP contribution in [0, 0.1) is 0 Å². The number of rotatable bonds is 4. The predicted molar refractivity (Wildman–Crippen MR) is 87.6 cm³/mol. The first kappa shape index (κ1) is 15.2. The second-order valence-corrected chi connectivity index (χ2v) is 5.76. The van der Waals surface area contributed by atoms with Crippen molar-refractivity contribution in [3.8, 4) is 16.2 Å². The van der Waals surface area contributed by atoms with Gasteiger partial charge in [-0.3, -0.25) is 0 Å². The maximum atomic E-state index is 6.08. The fraction of sp³-hybridized carbons (Fsp3) is 0.214. The van der Waals surface area contributed by atoms with Gasteiger partial charge in [0.05, 0.1) is 33.3 Å². The zero-order valence-electron chi connectivity index (χ0n) is 11.3. The van der Waals surface area contributed by atoms with Crippen LogP contribution in [0.5, 0.6) is 5.75 Å².